The van der Waals surface area contributed by atoms with Crippen LogP contribution in [0.2, 0.25) is 5.02 Å². The molecule has 3 atom stereocenters. The lowest BCUT2D eigenvalue weighted by Crippen LogP contribution is -2.49. The number of aliphatic hydroxyl groups is 1. The van der Waals surface area contributed by atoms with Crippen molar-refractivity contribution in [2.75, 3.05) is 0 Å². The van der Waals surface area contributed by atoms with Gasteiger partial charge in [0.1, 0.15) is 0 Å². The van der Waals surface area contributed by atoms with Gasteiger partial charge in [0.15, 0.2) is 0 Å². The molecule has 3 heterocycles. The second-order valence-corrected chi connectivity index (χ2v) is 8.16. The summed E-state index contributed by atoms with van der Waals surface area (Å²) in [5, 5.41) is 20.9. The van der Waals surface area contributed by atoms with E-state index in [0.717, 1.165) is 43.3 Å². The standard InChI is InChI=1S/C21H22ClN3O/c22-15-7-5-14(6-8-15)21(26)11-16-9-10-17(12-21)25(16)13-20-18-3-1-2-4-19(18)23-24-20/h1-8,16-17,26H,9-13H2,(H,23,24)/t16-,17+,21?. The molecular formula is C21H22ClN3O. The van der Waals surface area contributed by atoms with Crippen LogP contribution in [-0.4, -0.2) is 32.3 Å². The Morgan fingerprint density at radius 2 is 1.77 bits per heavy atom. The highest BCUT2D eigenvalue weighted by Crippen LogP contribution is 2.46. The van der Waals surface area contributed by atoms with E-state index in [1.165, 1.54) is 11.1 Å². The number of nitrogens with one attached hydrogen (secondary N) is 1. The van der Waals surface area contributed by atoms with E-state index in [1.807, 2.05) is 36.4 Å². The molecule has 2 fully saturated rings. The van der Waals surface area contributed by atoms with Crippen molar-refractivity contribution < 1.29 is 5.11 Å². The summed E-state index contributed by atoms with van der Waals surface area (Å²) in [7, 11) is 0. The Bertz CT molecular complexity index is 922. The van der Waals surface area contributed by atoms with Gasteiger partial charge in [0.2, 0.25) is 0 Å². The van der Waals surface area contributed by atoms with E-state index in [-0.39, 0.29) is 0 Å². The highest BCUT2D eigenvalue weighted by Gasteiger charge is 2.48. The third kappa shape index (κ3) is 2.64. The number of hydrogen-bond acceptors (Lipinski definition) is 3. The van der Waals surface area contributed by atoms with Crippen LogP contribution in [0.5, 0.6) is 0 Å². The Kier molecular flexibility index (Phi) is 3.82. The molecule has 0 saturated carbocycles. The molecule has 0 spiro atoms. The Hall–Kier alpha value is -1.88. The molecule has 0 aliphatic carbocycles. The number of aromatic nitrogens is 2. The largest absolute Gasteiger partial charge is 0.385 e. The van der Waals surface area contributed by atoms with Crippen LogP contribution in [0.1, 0.15) is 36.9 Å². The Morgan fingerprint density at radius 3 is 2.50 bits per heavy atom. The van der Waals surface area contributed by atoms with E-state index in [2.05, 4.69) is 27.2 Å². The van der Waals surface area contributed by atoms with Crippen LogP contribution in [0, 0.1) is 0 Å². The molecule has 2 N–H and O–H groups in total. The lowest BCUT2D eigenvalue weighted by atomic mass is 9.80. The zero-order chi connectivity index (χ0) is 17.7. The molecular weight excluding hydrogens is 346 g/mol. The van der Waals surface area contributed by atoms with E-state index < -0.39 is 5.60 Å². The van der Waals surface area contributed by atoms with Crippen molar-refractivity contribution in [1.82, 2.24) is 15.1 Å². The van der Waals surface area contributed by atoms with E-state index >= 15 is 0 Å². The first-order chi connectivity index (χ1) is 12.6. The molecule has 5 rings (SSSR count). The molecule has 3 aromatic rings. The normalized spacial score (nSPS) is 28.7. The number of fused-ring (bicyclic) bond motifs is 3. The lowest BCUT2D eigenvalue weighted by Gasteiger charge is -2.44. The van der Waals surface area contributed by atoms with Gasteiger partial charge in [-0.2, -0.15) is 5.10 Å². The number of hydrogen-bond donors (Lipinski definition) is 2. The van der Waals surface area contributed by atoms with Crippen LogP contribution in [-0.2, 0) is 12.1 Å². The molecule has 0 radical (unpaired) electrons. The van der Waals surface area contributed by atoms with Gasteiger partial charge < -0.3 is 5.11 Å². The van der Waals surface area contributed by atoms with Crippen LogP contribution < -0.4 is 0 Å². The van der Waals surface area contributed by atoms with Crippen LogP contribution in [0.3, 0.4) is 0 Å². The van der Waals surface area contributed by atoms with Gasteiger partial charge in [-0.1, -0.05) is 41.9 Å². The van der Waals surface area contributed by atoms with Gasteiger partial charge in [0.05, 0.1) is 16.8 Å². The van der Waals surface area contributed by atoms with Crippen molar-refractivity contribution >= 4 is 22.5 Å². The van der Waals surface area contributed by atoms with Gasteiger partial charge in [-0.15, -0.1) is 0 Å². The van der Waals surface area contributed by atoms with Crippen molar-refractivity contribution in [3.8, 4) is 0 Å². The summed E-state index contributed by atoms with van der Waals surface area (Å²) in [6.45, 7) is 0.868. The third-order valence-electron chi connectivity index (χ3n) is 6.18. The van der Waals surface area contributed by atoms with E-state index in [9.17, 15) is 5.11 Å². The number of H-pyrrole nitrogens is 1. The number of piperidine rings is 1. The minimum atomic E-state index is -0.747. The molecule has 2 bridgehead atoms. The monoisotopic (exact) mass is 367 g/mol. The van der Waals surface area contributed by atoms with Crippen molar-refractivity contribution in [1.29, 1.82) is 0 Å². The fraction of sp³-hybridized carbons (Fsp3) is 0.381. The Labute approximate surface area is 157 Å². The maximum Gasteiger partial charge on any atom is 0.0926 e. The average molecular weight is 368 g/mol. The molecule has 2 saturated heterocycles. The molecule has 2 aliphatic heterocycles. The highest BCUT2D eigenvalue weighted by molar-refractivity contribution is 6.30. The molecule has 5 heteroatoms. The number of benzene rings is 2. The quantitative estimate of drug-likeness (QED) is 0.728. The second kappa shape index (κ2) is 6.08. The smallest absolute Gasteiger partial charge is 0.0926 e. The van der Waals surface area contributed by atoms with Crippen molar-refractivity contribution in [2.45, 2.75) is 49.9 Å². The number of rotatable bonds is 3. The van der Waals surface area contributed by atoms with Gasteiger partial charge in [-0.05, 0) is 49.4 Å². The minimum Gasteiger partial charge on any atom is -0.385 e. The summed E-state index contributed by atoms with van der Waals surface area (Å²) < 4.78 is 0. The van der Waals surface area contributed by atoms with E-state index in [4.69, 9.17) is 11.6 Å². The molecule has 2 aliphatic rings. The minimum absolute atomic E-state index is 0.400. The van der Waals surface area contributed by atoms with Crippen LogP contribution in [0.15, 0.2) is 48.5 Å². The summed E-state index contributed by atoms with van der Waals surface area (Å²) in [6.07, 6.45) is 3.84. The predicted molar refractivity (Wildman–Crippen MR) is 103 cm³/mol. The summed E-state index contributed by atoms with van der Waals surface area (Å²) in [5.41, 5.74) is 2.44. The van der Waals surface area contributed by atoms with Gasteiger partial charge in [-0.25, -0.2) is 0 Å². The first kappa shape index (κ1) is 16.3. The lowest BCUT2D eigenvalue weighted by molar-refractivity contribution is -0.0597. The fourth-order valence-electron chi connectivity index (χ4n) is 4.89. The maximum absolute atomic E-state index is 11.3. The predicted octanol–water partition coefficient (Wildman–Crippen LogP) is 4.23. The van der Waals surface area contributed by atoms with Crippen molar-refractivity contribution in [3.05, 3.63) is 64.8 Å². The van der Waals surface area contributed by atoms with Gasteiger partial charge in [0.25, 0.3) is 0 Å². The van der Waals surface area contributed by atoms with Gasteiger partial charge >= 0.3 is 0 Å². The summed E-state index contributed by atoms with van der Waals surface area (Å²) >= 11 is 6.02. The first-order valence-electron chi connectivity index (χ1n) is 9.28. The molecule has 0 amide bonds. The molecule has 134 valence electrons. The Balaban J connectivity index is 1.40. The SMILES string of the molecule is OC1(c2ccc(Cl)cc2)C[C@H]2CC[C@@H](C1)N2Cc1[nH]nc2ccccc12. The third-order valence-corrected chi connectivity index (χ3v) is 6.43. The highest BCUT2D eigenvalue weighted by atomic mass is 35.5. The van der Waals surface area contributed by atoms with Gasteiger partial charge in [-0.3, -0.25) is 10.00 Å². The average Bonchev–Trinajstić information content (AvgIpc) is 3.16. The molecule has 1 aromatic heterocycles. The molecule has 1 unspecified atom stereocenters. The van der Waals surface area contributed by atoms with Gasteiger partial charge in [0, 0.05) is 29.0 Å². The van der Waals surface area contributed by atoms with Crippen molar-refractivity contribution in [2.24, 2.45) is 0 Å². The molecule has 4 nitrogen and oxygen atoms in total. The number of halogens is 1. The van der Waals surface area contributed by atoms with Crippen molar-refractivity contribution in [3.63, 3.8) is 0 Å². The Morgan fingerprint density at radius 1 is 1.08 bits per heavy atom. The van der Waals surface area contributed by atoms with Crippen LogP contribution in [0.25, 0.3) is 10.9 Å². The summed E-state index contributed by atoms with van der Waals surface area (Å²) in [5.74, 6) is 0. The summed E-state index contributed by atoms with van der Waals surface area (Å²) in [6, 6.07) is 16.7. The van der Waals surface area contributed by atoms with Crippen LogP contribution >= 0.6 is 11.6 Å². The summed E-state index contributed by atoms with van der Waals surface area (Å²) in [4.78, 5) is 2.56. The zero-order valence-electron chi connectivity index (χ0n) is 14.5. The topological polar surface area (TPSA) is 52.1 Å². The zero-order valence-corrected chi connectivity index (χ0v) is 15.3. The number of para-hydroxylation sites is 1. The fourth-order valence-corrected chi connectivity index (χ4v) is 5.01. The van der Waals surface area contributed by atoms with Crippen LogP contribution in [0.4, 0.5) is 0 Å². The van der Waals surface area contributed by atoms with E-state index in [0.29, 0.717) is 17.1 Å². The number of nitrogens with zero attached hydrogens (tertiary/aromatic N) is 2. The first-order valence-corrected chi connectivity index (χ1v) is 9.66. The molecule has 2 aromatic carbocycles. The maximum atomic E-state index is 11.3. The number of aromatic amines is 1. The second-order valence-electron chi connectivity index (χ2n) is 7.72. The van der Waals surface area contributed by atoms with E-state index in [1.54, 1.807) is 0 Å². The molecule has 26 heavy (non-hydrogen) atoms.